The van der Waals surface area contributed by atoms with Gasteiger partial charge in [0.15, 0.2) is 0 Å². The molecule has 12 heavy (non-hydrogen) atoms. The molecule has 0 spiro atoms. The van der Waals surface area contributed by atoms with Crippen molar-refractivity contribution in [2.24, 2.45) is 0 Å². The Bertz CT molecular complexity index is 273. The number of anilines is 1. The first-order valence-electron chi connectivity index (χ1n) is 3.73. The molecule has 1 aromatic rings. The van der Waals surface area contributed by atoms with Gasteiger partial charge in [0, 0.05) is 5.56 Å². The summed E-state index contributed by atoms with van der Waals surface area (Å²) in [4.78, 5) is 0. The molecule has 1 unspecified atom stereocenters. The lowest BCUT2D eigenvalue weighted by molar-refractivity contribution is 0.347. The van der Waals surface area contributed by atoms with Crippen LogP contribution in [-0.2, 0) is 0 Å². The van der Waals surface area contributed by atoms with E-state index in [1.807, 2.05) is 0 Å². The summed E-state index contributed by atoms with van der Waals surface area (Å²) < 4.78 is 17.9. The number of benzene rings is 1. The SMILES string of the molecule is COc1c(N)cccc1C(C)F. The third-order valence-electron chi connectivity index (χ3n) is 1.71. The van der Waals surface area contributed by atoms with Crippen molar-refractivity contribution in [1.29, 1.82) is 0 Å². The lowest BCUT2D eigenvalue weighted by Gasteiger charge is -2.10. The average Bonchev–Trinajstić information content (AvgIpc) is 2.03. The highest BCUT2D eigenvalue weighted by Crippen LogP contribution is 2.32. The summed E-state index contributed by atoms with van der Waals surface area (Å²) in [6.45, 7) is 1.46. The summed E-state index contributed by atoms with van der Waals surface area (Å²) in [5, 5.41) is 0. The second-order valence-electron chi connectivity index (χ2n) is 2.59. The lowest BCUT2D eigenvalue weighted by Crippen LogP contribution is -1.97. The maximum absolute atomic E-state index is 12.9. The predicted octanol–water partition coefficient (Wildman–Crippen LogP) is 2.31. The maximum atomic E-state index is 12.9. The monoisotopic (exact) mass is 169 g/mol. The van der Waals surface area contributed by atoms with Gasteiger partial charge < -0.3 is 10.5 Å². The maximum Gasteiger partial charge on any atom is 0.147 e. The summed E-state index contributed by atoms with van der Waals surface area (Å²) in [7, 11) is 1.48. The topological polar surface area (TPSA) is 35.2 Å². The summed E-state index contributed by atoms with van der Waals surface area (Å²) in [5.74, 6) is 0.438. The number of methoxy groups -OCH3 is 1. The zero-order valence-corrected chi connectivity index (χ0v) is 7.17. The van der Waals surface area contributed by atoms with Crippen molar-refractivity contribution in [2.45, 2.75) is 13.1 Å². The Kier molecular flexibility index (Phi) is 2.53. The molecule has 0 aromatic heterocycles. The molecular weight excluding hydrogens is 157 g/mol. The second-order valence-corrected chi connectivity index (χ2v) is 2.59. The molecule has 0 heterocycles. The van der Waals surface area contributed by atoms with Crippen LogP contribution in [0.4, 0.5) is 10.1 Å². The lowest BCUT2D eigenvalue weighted by atomic mass is 10.1. The Labute approximate surface area is 71.1 Å². The van der Waals surface area contributed by atoms with Gasteiger partial charge in [-0.3, -0.25) is 0 Å². The van der Waals surface area contributed by atoms with Crippen molar-refractivity contribution in [3.63, 3.8) is 0 Å². The number of hydrogen-bond acceptors (Lipinski definition) is 2. The van der Waals surface area contributed by atoms with Gasteiger partial charge in [0.1, 0.15) is 11.9 Å². The van der Waals surface area contributed by atoms with E-state index in [0.29, 0.717) is 17.0 Å². The molecule has 0 saturated heterocycles. The van der Waals surface area contributed by atoms with Crippen LogP contribution in [0.15, 0.2) is 18.2 Å². The summed E-state index contributed by atoms with van der Waals surface area (Å²) >= 11 is 0. The highest BCUT2D eigenvalue weighted by molar-refractivity contribution is 5.57. The van der Waals surface area contributed by atoms with E-state index in [0.717, 1.165) is 0 Å². The largest absolute Gasteiger partial charge is 0.494 e. The van der Waals surface area contributed by atoms with Gasteiger partial charge in [-0.05, 0) is 13.0 Å². The van der Waals surface area contributed by atoms with E-state index >= 15 is 0 Å². The summed E-state index contributed by atoms with van der Waals surface area (Å²) in [6, 6.07) is 5.06. The summed E-state index contributed by atoms with van der Waals surface area (Å²) in [6.07, 6.45) is -1.05. The normalized spacial score (nSPS) is 12.6. The third-order valence-corrected chi connectivity index (χ3v) is 1.71. The van der Waals surface area contributed by atoms with Gasteiger partial charge in [-0.15, -0.1) is 0 Å². The molecular formula is C9H12FNO. The smallest absolute Gasteiger partial charge is 0.147 e. The van der Waals surface area contributed by atoms with E-state index in [1.165, 1.54) is 14.0 Å². The fraction of sp³-hybridized carbons (Fsp3) is 0.333. The molecule has 0 aliphatic heterocycles. The zero-order chi connectivity index (χ0) is 9.14. The minimum absolute atomic E-state index is 0.438. The molecule has 0 aliphatic rings. The fourth-order valence-electron chi connectivity index (χ4n) is 1.12. The van der Waals surface area contributed by atoms with Crippen LogP contribution in [-0.4, -0.2) is 7.11 Å². The Balaban J connectivity index is 3.18. The van der Waals surface area contributed by atoms with Crippen molar-refractivity contribution < 1.29 is 9.13 Å². The van der Waals surface area contributed by atoms with Gasteiger partial charge in [0.2, 0.25) is 0 Å². The van der Waals surface area contributed by atoms with Crippen LogP contribution in [0.25, 0.3) is 0 Å². The first-order valence-corrected chi connectivity index (χ1v) is 3.73. The molecule has 3 heteroatoms. The van der Waals surface area contributed by atoms with Gasteiger partial charge in [0.25, 0.3) is 0 Å². The highest BCUT2D eigenvalue weighted by Gasteiger charge is 2.11. The number of ether oxygens (including phenoxy) is 1. The van der Waals surface area contributed by atoms with Crippen LogP contribution < -0.4 is 10.5 Å². The minimum atomic E-state index is -1.05. The van der Waals surface area contributed by atoms with Crippen LogP contribution >= 0.6 is 0 Å². The van der Waals surface area contributed by atoms with Gasteiger partial charge in [-0.2, -0.15) is 0 Å². The van der Waals surface area contributed by atoms with E-state index < -0.39 is 6.17 Å². The van der Waals surface area contributed by atoms with Crippen molar-refractivity contribution in [2.75, 3.05) is 12.8 Å². The van der Waals surface area contributed by atoms with E-state index in [-0.39, 0.29) is 0 Å². The molecule has 0 fully saturated rings. The molecule has 1 rings (SSSR count). The van der Waals surface area contributed by atoms with Crippen molar-refractivity contribution >= 4 is 5.69 Å². The number of hydrogen-bond donors (Lipinski definition) is 1. The average molecular weight is 169 g/mol. The minimum Gasteiger partial charge on any atom is -0.494 e. The number of halogens is 1. The van der Waals surface area contributed by atoms with Crippen molar-refractivity contribution in [3.8, 4) is 5.75 Å². The number of alkyl halides is 1. The zero-order valence-electron chi connectivity index (χ0n) is 7.17. The van der Waals surface area contributed by atoms with Crippen LogP contribution in [0.5, 0.6) is 5.75 Å². The van der Waals surface area contributed by atoms with E-state index in [9.17, 15) is 4.39 Å². The molecule has 1 atom stereocenters. The first kappa shape index (κ1) is 8.84. The Morgan fingerprint density at radius 1 is 1.50 bits per heavy atom. The van der Waals surface area contributed by atoms with Crippen LogP contribution in [0.1, 0.15) is 18.7 Å². The predicted molar refractivity (Wildman–Crippen MR) is 46.9 cm³/mol. The number of para-hydroxylation sites is 1. The molecule has 0 bridgehead atoms. The molecule has 66 valence electrons. The Hall–Kier alpha value is -1.25. The van der Waals surface area contributed by atoms with Crippen LogP contribution in [0.2, 0.25) is 0 Å². The standard InChI is InChI=1S/C9H12FNO/c1-6(10)7-4-3-5-8(11)9(7)12-2/h3-6H,11H2,1-2H3. The van der Waals surface area contributed by atoms with Crippen molar-refractivity contribution in [3.05, 3.63) is 23.8 Å². The van der Waals surface area contributed by atoms with Crippen LogP contribution in [0.3, 0.4) is 0 Å². The van der Waals surface area contributed by atoms with Gasteiger partial charge in [0.05, 0.1) is 12.8 Å². The third kappa shape index (κ3) is 1.49. The molecule has 0 amide bonds. The van der Waals surface area contributed by atoms with Gasteiger partial charge >= 0.3 is 0 Å². The second kappa shape index (κ2) is 3.43. The van der Waals surface area contributed by atoms with E-state index in [2.05, 4.69) is 0 Å². The molecule has 0 aliphatic carbocycles. The highest BCUT2D eigenvalue weighted by atomic mass is 19.1. The summed E-state index contributed by atoms with van der Waals surface area (Å²) in [5.41, 5.74) is 6.55. The van der Waals surface area contributed by atoms with Crippen molar-refractivity contribution in [1.82, 2.24) is 0 Å². The fourth-order valence-corrected chi connectivity index (χ4v) is 1.12. The number of nitrogens with two attached hydrogens (primary N) is 1. The molecule has 2 nitrogen and oxygen atoms in total. The number of nitrogen functional groups attached to an aromatic ring is 1. The number of rotatable bonds is 2. The molecule has 1 aromatic carbocycles. The van der Waals surface area contributed by atoms with Crippen LogP contribution in [0, 0.1) is 0 Å². The van der Waals surface area contributed by atoms with E-state index in [4.69, 9.17) is 10.5 Å². The quantitative estimate of drug-likeness (QED) is 0.689. The molecule has 0 saturated carbocycles. The van der Waals surface area contributed by atoms with Gasteiger partial charge in [-0.1, -0.05) is 12.1 Å². The first-order chi connectivity index (χ1) is 5.66. The Morgan fingerprint density at radius 3 is 2.58 bits per heavy atom. The van der Waals surface area contributed by atoms with Gasteiger partial charge in [-0.25, -0.2) is 4.39 Å². The molecule has 2 N–H and O–H groups in total. The Morgan fingerprint density at radius 2 is 2.17 bits per heavy atom. The van der Waals surface area contributed by atoms with E-state index in [1.54, 1.807) is 18.2 Å². The molecule has 0 radical (unpaired) electrons.